The fraction of sp³-hybridized carbons (Fsp3) is 0.517. The molecule has 0 radical (unpaired) electrons. The van der Waals surface area contributed by atoms with Gasteiger partial charge in [-0.15, -0.1) is 0 Å². The van der Waals surface area contributed by atoms with Crippen molar-refractivity contribution in [1.82, 2.24) is 25.1 Å². The largest absolute Gasteiger partial charge is 0.481 e. The summed E-state index contributed by atoms with van der Waals surface area (Å²) >= 11 is 0. The zero-order valence-electron chi connectivity index (χ0n) is 24.5. The van der Waals surface area contributed by atoms with E-state index in [4.69, 9.17) is 18.9 Å². The van der Waals surface area contributed by atoms with Gasteiger partial charge < -0.3 is 39.2 Å². The molecule has 2 atom stereocenters. The van der Waals surface area contributed by atoms with E-state index in [0.29, 0.717) is 12.2 Å². The monoisotopic (exact) mass is 599 g/mol. The highest BCUT2D eigenvalue weighted by molar-refractivity contribution is 5.96. The molecule has 0 bridgehead atoms. The molecular weight excluding hydrogens is 562 g/mol. The van der Waals surface area contributed by atoms with Crippen molar-refractivity contribution in [3.8, 4) is 17.3 Å². The van der Waals surface area contributed by atoms with Crippen molar-refractivity contribution in [2.24, 2.45) is 0 Å². The van der Waals surface area contributed by atoms with E-state index < -0.39 is 35.7 Å². The first-order valence-electron chi connectivity index (χ1n) is 14.2. The maximum atomic E-state index is 13.5. The maximum Gasteiger partial charge on any atom is 0.409 e. The molecule has 2 aliphatic rings. The van der Waals surface area contributed by atoms with Crippen molar-refractivity contribution in [2.75, 3.05) is 46.0 Å². The number of hydrogen-bond donors (Lipinski definition) is 2. The van der Waals surface area contributed by atoms with Crippen LogP contribution in [0.1, 0.15) is 44.1 Å². The Balaban J connectivity index is 1.51. The lowest BCUT2D eigenvalue weighted by Crippen LogP contribution is -2.56. The molecule has 2 aliphatic heterocycles. The highest BCUT2D eigenvalue weighted by Crippen LogP contribution is 2.24. The zero-order valence-corrected chi connectivity index (χ0v) is 24.5. The lowest BCUT2D eigenvalue weighted by atomic mass is 10.1. The van der Waals surface area contributed by atoms with Crippen LogP contribution in [0.2, 0.25) is 0 Å². The molecule has 1 aromatic heterocycles. The Hall–Kier alpha value is -4.30. The minimum absolute atomic E-state index is 0.0620. The standard InChI is InChI=1S/C29H37N5O9/c1-4-40-28(39)34-14-12-33(13-15-34)27(38)21(10-11-24(35)36)31-26(37)22-16-23(41-17-20-18-42-29(2,3)43-20)32-25(30-22)19-8-6-5-7-9-19/h5-9,16,20-21H,4,10-15,17-18H2,1-3H3,(H,31,37)(H,35,36). The second-order valence-corrected chi connectivity index (χ2v) is 10.5. The number of rotatable bonds is 11. The fourth-order valence-electron chi connectivity index (χ4n) is 4.66. The second kappa shape index (κ2) is 14.2. The molecule has 43 heavy (non-hydrogen) atoms. The third-order valence-corrected chi connectivity index (χ3v) is 6.82. The van der Waals surface area contributed by atoms with Crippen LogP contribution in [0.4, 0.5) is 4.79 Å². The highest BCUT2D eigenvalue weighted by atomic mass is 16.7. The number of nitrogens with one attached hydrogen (secondary N) is 1. The van der Waals surface area contributed by atoms with E-state index in [9.17, 15) is 24.3 Å². The number of piperazine rings is 1. The normalized spacial score (nSPS) is 18.5. The number of carbonyl (C=O) groups is 4. The van der Waals surface area contributed by atoms with Crippen molar-refractivity contribution in [1.29, 1.82) is 0 Å². The van der Waals surface area contributed by atoms with E-state index in [0.717, 1.165) is 0 Å². The zero-order chi connectivity index (χ0) is 31.0. The number of benzene rings is 1. The van der Waals surface area contributed by atoms with Crippen LogP contribution in [0.3, 0.4) is 0 Å². The lowest BCUT2D eigenvalue weighted by molar-refractivity contribution is -0.141. The first kappa shape index (κ1) is 31.6. The Labute approximate surface area is 249 Å². The summed E-state index contributed by atoms with van der Waals surface area (Å²) in [6.45, 7) is 6.94. The van der Waals surface area contributed by atoms with Gasteiger partial charge in [-0.05, 0) is 27.2 Å². The first-order valence-corrected chi connectivity index (χ1v) is 14.2. The van der Waals surface area contributed by atoms with Crippen LogP contribution in [-0.2, 0) is 23.8 Å². The van der Waals surface area contributed by atoms with E-state index in [1.807, 2.05) is 6.07 Å². The summed E-state index contributed by atoms with van der Waals surface area (Å²) in [5, 5.41) is 11.9. The molecule has 0 saturated carbocycles. The second-order valence-electron chi connectivity index (χ2n) is 10.5. The number of carbonyl (C=O) groups excluding carboxylic acids is 3. The topological polar surface area (TPSA) is 170 Å². The first-order chi connectivity index (χ1) is 20.5. The number of carboxylic acids is 1. The minimum Gasteiger partial charge on any atom is -0.481 e. The smallest absolute Gasteiger partial charge is 0.409 e. The van der Waals surface area contributed by atoms with Gasteiger partial charge in [-0.2, -0.15) is 4.98 Å². The Bertz CT molecular complexity index is 1300. The molecule has 2 aromatic rings. The van der Waals surface area contributed by atoms with Crippen molar-refractivity contribution in [3.05, 3.63) is 42.1 Å². The van der Waals surface area contributed by atoms with Crippen molar-refractivity contribution < 1.29 is 43.2 Å². The molecule has 2 unspecified atom stereocenters. The van der Waals surface area contributed by atoms with Crippen molar-refractivity contribution >= 4 is 23.9 Å². The summed E-state index contributed by atoms with van der Waals surface area (Å²) in [5.74, 6) is -2.63. The minimum atomic E-state index is -1.14. The van der Waals surface area contributed by atoms with Gasteiger partial charge in [0.1, 0.15) is 24.4 Å². The number of ether oxygens (including phenoxy) is 4. The molecule has 232 valence electrons. The molecule has 14 heteroatoms. The van der Waals surface area contributed by atoms with Crippen LogP contribution in [-0.4, -0.2) is 113 Å². The van der Waals surface area contributed by atoms with Crippen LogP contribution < -0.4 is 10.1 Å². The summed E-state index contributed by atoms with van der Waals surface area (Å²) in [4.78, 5) is 62.2. The van der Waals surface area contributed by atoms with E-state index in [1.54, 1.807) is 45.0 Å². The third kappa shape index (κ3) is 8.85. The predicted octanol–water partition coefficient (Wildman–Crippen LogP) is 1.94. The van der Waals surface area contributed by atoms with Gasteiger partial charge >= 0.3 is 12.1 Å². The highest BCUT2D eigenvalue weighted by Gasteiger charge is 2.34. The SMILES string of the molecule is CCOC(=O)N1CCN(C(=O)C(CCC(=O)O)NC(=O)c2cc(OCC3COC(C)(C)O3)nc(-c3ccccc3)n2)CC1. The quantitative estimate of drug-likeness (QED) is 0.387. The average Bonchev–Trinajstić information content (AvgIpc) is 3.36. The van der Waals surface area contributed by atoms with Gasteiger partial charge in [-0.25, -0.2) is 9.78 Å². The van der Waals surface area contributed by atoms with Crippen LogP contribution in [0.5, 0.6) is 5.88 Å². The number of hydrogen-bond acceptors (Lipinski definition) is 10. The number of carboxylic acid groups (broad SMARTS) is 1. The molecule has 0 aliphatic carbocycles. The Morgan fingerprint density at radius 3 is 2.42 bits per heavy atom. The van der Waals surface area contributed by atoms with Crippen LogP contribution in [0, 0.1) is 0 Å². The summed E-state index contributed by atoms with van der Waals surface area (Å²) in [6.07, 6.45) is -1.28. The molecule has 1 aromatic carbocycles. The molecule has 14 nitrogen and oxygen atoms in total. The molecule has 2 N–H and O–H groups in total. The average molecular weight is 600 g/mol. The lowest BCUT2D eigenvalue weighted by Gasteiger charge is -2.35. The van der Waals surface area contributed by atoms with E-state index in [-0.39, 0.29) is 75.7 Å². The van der Waals surface area contributed by atoms with E-state index >= 15 is 0 Å². The Morgan fingerprint density at radius 1 is 1.09 bits per heavy atom. The molecular formula is C29H37N5O9. The molecule has 4 rings (SSSR count). The van der Waals surface area contributed by atoms with Gasteiger partial charge in [-0.3, -0.25) is 14.4 Å². The Kier molecular flexibility index (Phi) is 10.5. The number of aliphatic carboxylic acids is 1. The molecule has 0 spiro atoms. The van der Waals surface area contributed by atoms with Gasteiger partial charge in [0.2, 0.25) is 11.8 Å². The van der Waals surface area contributed by atoms with Crippen molar-refractivity contribution in [2.45, 2.75) is 51.5 Å². The summed E-state index contributed by atoms with van der Waals surface area (Å²) in [6, 6.07) is 9.24. The summed E-state index contributed by atoms with van der Waals surface area (Å²) in [5.41, 5.74) is 0.578. The third-order valence-electron chi connectivity index (χ3n) is 6.82. The van der Waals surface area contributed by atoms with Gasteiger partial charge in [0, 0.05) is 44.2 Å². The van der Waals surface area contributed by atoms with Gasteiger partial charge in [0.25, 0.3) is 5.91 Å². The van der Waals surface area contributed by atoms with E-state index in [1.165, 1.54) is 15.9 Å². The summed E-state index contributed by atoms with van der Waals surface area (Å²) in [7, 11) is 0. The van der Waals surface area contributed by atoms with Crippen molar-refractivity contribution in [3.63, 3.8) is 0 Å². The summed E-state index contributed by atoms with van der Waals surface area (Å²) < 4.78 is 22.3. The fourth-order valence-corrected chi connectivity index (χ4v) is 4.66. The van der Waals surface area contributed by atoms with Crippen LogP contribution in [0.15, 0.2) is 36.4 Å². The maximum absolute atomic E-state index is 13.5. The van der Waals surface area contributed by atoms with E-state index in [2.05, 4.69) is 15.3 Å². The predicted molar refractivity (Wildman–Crippen MR) is 151 cm³/mol. The molecule has 3 heterocycles. The van der Waals surface area contributed by atoms with Gasteiger partial charge in [0.15, 0.2) is 11.6 Å². The number of aromatic nitrogens is 2. The van der Waals surface area contributed by atoms with Crippen LogP contribution in [0.25, 0.3) is 11.4 Å². The van der Waals surface area contributed by atoms with Crippen LogP contribution >= 0.6 is 0 Å². The Morgan fingerprint density at radius 2 is 1.79 bits per heavy atom. The number of nitrogens with zero attached hydrogens (tertiary/aromatic N) is 4. The molecule has 3 amide bonds. The molecule has 2 saturated heterocycles. The van der Waals surface area contributed by atoms with Gasteiger partial charge in [-0.1, -0.05) is 30.3 Å². The molecule has 2 fully saturated rings. The number of amides is 3. The van der Waals surface area contributed by atoms with Gasteiger partial charge in [0.05, 0.1) is 13.2 Å².